The first-order valence-corrected chi connectivity index (χ1v) is 6.91. The highest BCUT2D eigenvalue weighted by atomic mass is 35.5. The van der Waals surface area contributed by atoms with Crippen molar-refractivity contribution in [2.24, 2.45) is 0 Å². The van der Waals surface area contributed by atoms with Gasteiger partial charge < -0.3 is 5.32 Å². The molecule has 2 rings (SSSR count). The summed E-state index contributed by atoms with van der Waals surface area (Å²) in [7, 11) is 1.93. The average Bonchev–Trinajstić information content (AvgIpc) is 2.44. The Kier molecular flexibility index (Phi) is 4.81. The number of pyridine rings is 1. The van der Waals surface area contributed by atoms with Gasteiger partial charge in [-0.3, -0.25) is 4.98 Å². The maximum atomic E-state index is 6.29. The van der Waals surface area contributed by atoms with Gasteiger partial charge >= 0.3 is 0 Å². The van der Waals surface area contributed by atoms with E-state index in [1.54, 1.807) is 18.5 Å². The second kappa shape index (κ2) is 6.38. The first kappa shape index (κ1) is 14.3. The third-order valence-corrected chi connectivity index (χ3v) is 3.92. The second-order valence-electron chi connectivity index (χ2n) is 4.50. The Hall–Kier alpha value is -1.09. The molecule has 0 radical (unpaired) electrons. The number of rotatable bonds is 4. The van der Waals surface area contributed by atoms with Gasteiger partial charge in [0.1, 0.15) is 0 Å². The molecular formula is C15H16Cl2N2. The predicted octanol–water partition coefficient (Wildman–Crippen LogP) is 4.45. The predicted molar refractivity (Wildman–Crippen MR) is 80.9 cm³/mol. The molecule has 2 atom stereocenters. The normalized spacial score (nSPS) is 14.1. The van der Waals surface area contributed by atoms with Crippen molar-refractivity contribution < 1.29 is 0 Å². The van der Waals surface area contributed by atoms with E-state index < -0.39 is 0 Å². The lowest BCUT2D eigenvalue weighted by molar-refractivity contribution is 0.508. The van der Waals surface area contributed by atoms with Gasteiger partial charge in [-0.1, -0.05) is 30.1 Å². The fraction of sp³-hybridized carbons (Fsp3) is 0.267. The van der Waals surface area contributed by atoms with Crippen molar-refractivity contribution in [3.63, 3.8) is 0 Å². The van der Waals surface area contributed by atoms with Crippen LogP contribution in [0.5, 0.6) is 0 Å². The zero-order valence-electron chi connectivity index (χ0n) is 10.9. The van der Waals surface area contributed by atoms with Crippen LogP contribution >= 0.6 is 23.2 Å². The van der Waals surface area contributed by atoms with Crippen LogP contribution in [-0.4, -0.2) is 12.0 Å². The third kappa shape index (κ3) is 3.27. The summed E-state index contributed by atoms with van der Waals surface area (Å²) in [5.74, 6) is 0.268. The zero-order chi connectivity index (χ0) is 13.8. The highest BCUT2D eigenvalue weighted by Crippen LogP contribution is 2.35. The van der Waals surface area contributed by atoms with Gasteiger partial charge in [0, 0.05) is 34.4 Å². The van der Waals surface area contributed by atoms with E-state index in [1.165, 1.54) is 5.56 Å². The number of benzene rings is 1. The number of likely N-dealkylation sites (N-methyl/N-ethyl adjacent to an activating group) is 1. The molecule has 2 unspecified atom stereocenters. The number of nitrogens with zero attached hydrogens (tertiary/aromatic N) is 1. The summed E-state index contributed by atoms with van der Waals surface area (Å²) in [5.41, 5.74) is 2.23. The quantitative estimate of drug-likeness (QED) is 0.901. The smallest absolute Gasteiger partial charge is 0.0455 e. The van der Waals surface area contributed by atoms with Gasteiger partial charge in [0.2, 0.25) is 0 Å². The minimum Gasteiger partial charge on any atom is -0.312 e. The van der Waals surface area contributed by atoms with Crippen molar-refractivity contribution in [1.29, 1.82) is 0 Å². The molecule has 0 spiro atoms. The molecule has 0 aliphatic heterocycles. The average molecular weight is 295 g/mol. The zero-order valence-corrected chi connectivity index (χ0v) is 12.4. The van der Waals surface area contributed by atoms with Crippen LogP contribution in [0.3, 0.4) is 0 Å². The minimum atomic E-state index is 0.105. The molecular weight excluding hydrogens is 279 g/mol. The molecule has 0 aliphatic rings. The summed E-state index contributed by atoms with van der Waals surface area (Å²) in [6.07, 6.45) is 3.61. The Bertz CT molecular complexity index is 543. The van der Waals surface area contributed by atoms with Gasteiger partial charge in [0.15, 0.2) is 0 Å². The monoisotopic (exact) mass is 294 g/mol. The van der Waals surface area contributed by atoms with Gasteiger partial charge in [-0.15, -0.1) is 0 Å². The standard InChI is InChI=1S/C15H16Cl2N2/c1-10(11-5-7-19-8-6-11)15(18-2)13-9-12(16)3-4-14(13)17/h3-10,15,18H,1-2H3. The van der Waals surface area contributed by atoms with Crippen LogP contribution in [0.2, 0.25) is 10.0 Å². The van der Waals surface area contributed by atoms with Crippen LogP contribution in [0.15, 0.2) is 42.7 Å². The SMILES string of the molecule is CNC(c1cc(Cl)ccc1Cl)C(C)c1ccncc1. The summed E-state index contributed by atoms with van der Waals surface area (Å²) in [5, 5.41) is 4.74. The summed E-state index contributed by atoms with van der Waals surface area (Å²) in [6.45, 7) is 2.16. The van der Waals surface area contributed by atoms with E-state index >= 15 is 0 Å². The van der Waals surface area contributed by atoms with Crippen molar-refractivity contribution in [3.05, 3.63) is 63.9 Å². The van der Waals surface area contributed by atoms with Crippen LogP contribution in [0, 0.1) is 0 Å². The van der Waals surface area contributed by atoms with Gasteiger partial charge in [-0.05, 0) is 48.5 Å². The highest BCUT2D eigenvalue weighted by molar-refractivity contribution is 6.33. The van der Waals surface area contributed by atoms with E-state index in [9.17, 15) is 0 Å². The molecule has 4 heteroatoms. The number of hydrogen-bond acceptors (Lipinski definition) is 2. The molecule has 1 N–H and O–H groups in total. The van der Waals surface area contributed by atoms with E-state index in [2.05, 4.69) is 17.2 Å². The van der Waals surface area contributed by atoms with Crippen LogP contribution in [0.4, 0.5) is 0 Å². The molecule has 0 fully saturated rings. The lowest BCUT2D eigenvalue weighted by Crippen LogP contribution is -2.22. The lowest BCUT2D eigenvalue weighted by atomic mass is 9.89. The van der Waals surface area contributed by atoms with E-state index in [1.807, 2.05) is 31.3 Å². The van der Waals surface area contributed by atoms with Crippen molar-refractivity contribution in [3.8, 4) is 0 Å². The Morgan fingerprint density at radius 2 is 1.79 bits per heavy atom. The van der Waals surface area contributed by atoms with Gasteiger partial charge in [-0.2, -0.15) is 0 Å². The molecule has 1 heterocycles. The van der Waals surface area contributed by atoms with Crippen molar-refractivity contribution in [2.75, 3.05) is 7.05 Å². The number of aromatic nitrogens is 1. The van der Waals surface area contributed by atoms with Gasteiger partial charge in [0.25, 0.3) is 0 Å². The molecule has 0 bridgehead atoms. The first-order valence-electron chi connectivity index (χ1n) is 6.15. The van der Waals surface area contributed by atoms with E-state index in [4.69, 9.17) is 23.2 Å². The Morgan fingerprint density at radius 1 is 1.11 bits per heavy atom. The molecule has 0 saturated heterocycles. The van der Waals surface area contributed by atoms with Gasteiger partial charge in [0.05, 0.1) is 0 Å². The highest BCUT2D eigenvalue weighted by Gasteiger charge is 2.21. The fourth-order valence-corrected chi connectivity index (χ4v) is 2.70. The Morgan fingerprint density at radius 3 is 2.42 bits per heavy atom. The summed E-state index contributed by atoms with van der Waals surface area (Å²) in [6, 6.07) is 9.71. The first-order chi connectivity index (χ1) is 9.13. The van der Waals surface area contributed by atoms with Crippen LogP contribution in [0.1, 0.15) is 30.0 Å². The van der Waals surface area contributed by atoms with Gasteiger partial charge in [-0.25, -0.2) is 0 Å². The summed E-state index contributed by atoms with van der Waals surface area (Å²) < 4.78 is 0. The molecule has 1 aromatic carbocycles. The Balaban J connectivity index is 2.37. The van der Waals surface area contributed by atoms with E-state index in [-0.39, 0.29) is 12.0 Å². The number of hydrogen-bond donors (Lipinski definition) is 1. The third-order valence-electron chi connectivity index (χ3n) is 3.34. The molecule has 100 valence electrons. The van der Waals surface area contributed by atoms with Crippen molar-refractivity contribution >= 4 is 23.2 Å². The maximum Gasteiger partial charge on any atom is 0.0455 e. The molecule has 2 nitrogen and oxygen atoms in total. The molecule has 1 aromatic heterocycles. The van der Waals surface area contributed by atoms with E-state index in [0.717, 1.165) is 10.6 Å². The molecule has 2 aromatic rings. The topological polar surface area (TPSA) is 24.9 Å². The van der Waals surface area contributed by atoms with Crippen molar-refractivity contribution in [2.45, 2.75) is 18.9 Å². The van der Waals surface area contributed by atoms with Crippen molar-refractivity contribution in [1.82, 2.24) is 10.3 Å². The molecule has 19 heavy (non-hydrogen) atoms. The minimum absolute atomic E-state index is 0.105. The summed E-state index contributed by atoms with van der Waals surface area (Å²) in [4.78, 5) is 4.05. The number of halogens is 2. The number of nitrogens with one attached hydrogen (secondary N) is 1. The lowest BCUT2D eigenvalue weighted by Gasteiger charge is -2.25. The van der Waals surface area contributed by atoms with Crippen LogP contribution in [-0.2, 0) is 0 Å². The summed E-state index contributed by atoms with van der Waals surface area (Å²) >= 11 is 12.4. The maximum absolute atomic E-state index is 6.29. The molecule has 0 amide bonds. The Labute approximate surface area is 123 Å². The van der Waals surface area contributed by atoms with Crippen LogP contribution in [0.25, 0.3) is 0 Å². The van der Waals surface area contributed by atoms with Crippen LogP contribution < -0.4 is 5.32 Å². The van der Waals surface area contributed by atoms with E-state index in [0.29, 0.717) is 5.02 Å². The molecule has 0 aliphatic carbocycles. The second-order valence-corrected chi connectivity index (χ2v) is 5.35. The molecule has 0 saturated carbocycles. The fourth-order valence-electron chi connectivity index (χ4n) is 2.29. The largest absolute Gasteiger partial charge is 0.312 e.